The molecule has 0 radical (unpaired) electrons. The van der Waals surface area contributed by atoms with Crippen LogP contribution in [0.2, 0.25) is 0 Å². The van der Waals surface area contributed by atoms with E-state index in [4.69, 9.17) is 0 Å². The van der Waals surface area contributed by atoms with Gasteiger partial charge < -0.3 is 0 Å². The van der Waals surface area contributed by atoms with Crippen molar-refractivity contribution in [3.8, 4) is 0 Å². The quantitative estimate of drug-likeness (QED) is 0.779. The van der Waals surface area contributed by atoms with Gasteiger partial charge in [0.2, 0.25) is 10.0 Å². The molecular weight excluding hydrogens is 305 g/mol. The van der Waals surface area contributed by atoms with Crippen LogP contribution >= 0.6 is 0 Å². The molecular formula is C12H18FNO4S2. The number of benzene rings is 1. The molecule has 20 heavy (non-hydrogen) atoms. The Morgan fingerprint density at radius 2 is 1.65 bits per heavy atom. The van der Waals surface area contributed by atoms with E-state index in [2.05, 4.69) is 0 Å². The summed E-state index contributed by atoms with van der Waals surface area (Å²) in [5, 5.41) is 0. The molecule has 114 valence electrons. The Morgan fingerprint density at radius 3 is 2.10 bits per heavy atom. The number of hydrogen-bond acceptors (Lipinski definition) is 4. The van der Waals surface area contributed by atoms with Gasteiger partial charge in [0.15, 0.2) is 0 Å². The van der Waals surface area contributed by atoms with E-state index in [0.29, 0.717) is 6.42 Å². The zero-order chi connectivity index (χ0) is 15.8. The van der Waals surface area contributed by atoms with Crippen LogP contribution < -0.4 is 0 Å². The molecule has 0 N–H and O–H groups in total. The summed E-state index contributed by atoms with van der Waals surface area (Å²) in [4.78, 5) is -0.915. The van der Waals surface area contributed by atoms with Gasteiger partial charge in [-0.2, -0.15) is 12.7 Å². The normalized spacial score (nSPS) is 13.7. The molecule has 0 saturated carbocycles. The Hall–Kier alpha value is -0.990. The van der Waals surface area contributed by atoms with Crippen LogP contribution in [0.1, 0.15) is 27.2 Å². The molecule has 0 heterocycles. The fourth-order valence-electron chi connectivity index (χ4n) is 1.49. The minimum Gasteiger partial charge on any atom is -0.207 e. The lowest BCUT2D eigenvalue weighted by Gasteiger charge is -2.33. The Morgan fingerprint density at radius 1 is 1.15 bits per heavy atom. The van der Waals surface area contributed by atoms with Crippen LogP contribution in [0.15, 0.2) is 34.1 Å². The van der Waals surface area contributed by atoms with Crippen LogP contribution in [0.25, 0.3) is 0 Å². The second kappa shape index (κ2) is 5.42. The van der Waals surface area contributed by atoms with Crippen LogP contribution in [-0.4, -0.2) is 33.7 Å². The van der Waals surface area contributed by atoms with E-state index >= 15 is 0 Å². The fourth-order valence-corrected chi connectivity index (χ4v) is 3.70. The Balaban J connectivity index is 3.38. The lowest BCUT2D eigenvalue weighted by molar-refractivity contribution is 0.257. The third-order valence-corrected chi connectivity index (χ3v) is 6.35. The van der Waals surface area contributed by atoms with E-state index in [1.807, 2.05) is 6.92 Å². The maximum Gasteiger partial charge on any atom is 0.332 e. The SMILES string of the molecule is CCC(C)(C)N(C)S(=O)(=O)c1cccc(S(=O)(=O)F)c1. The van der Waals surface area contributed by atoms with Crippen molar-refractivity contribution in [3.63, 3.8) is 0 Å². The molecule has 0 aliphatic rings. The molecule has 0 aliphatic heterocycles. The van der Waals surface area contributed by atoms with Crippen molar-refractivity contribution >= 4 is 20.2 Å². The molecule has 1 rings (SSSR count). The van der Waals surface area contributed by atoms with Gasteiger partial charge >= 0.3 is 10.2 Å². The summed E-state index contributed by atoms with van der Waals surface area (Å²) in [7, 11) is -7.41. The second-order valence-electron chi connectivity index (χ2n) is 5.05. The molecule has 0 fully saturated rings. The number of rotatable bonds is 5. The van der Waals surface area contributed by atoms with Gasteiger partial charge in [-0.15, -0.1) is 3.89 Å². The molecule has 0 unspecified atom stereocenters. The number of hydrogen-bond donors (Lipinski definition) is 0. The van der Waals surface area contributed by atoms with E-state index in [1.54, 1.807) is 13.8 Å². The topological polar surface area (TPSA) is 71.5 Å². The van der Waals surface area contributed by atoms with Crippen molar-refractivity contribution in [2.75, 3.05) is 7.05 Å². The van der Waals surface area contributed by atoms with Crippen LogP contribution in [-0.2, 0) is 20.2 Å². The van der Waals surface area contributed by atoms with Gasteiger partial charge in [-0.25, -0.2) is 8.42 Å². The third kappa shape index (κ3) is 3.36. The van der Waals surface area contributed by atoms with Gasteiger partial charge in [0.05, 0.1) is 9.79 Å². The van der Waals surface area contributed by atoms with Gasteiger partial charge in [-0.1, -0.05) is 13.0 Å². The Bertz CT molecular complexity index is 696. The van der Waals surface area contributed by atoms with Crippen molar-refractivity contribution in [1.82, 2.24) is 4.31 Å². The molecule has 0 aromatic heterocycles. The highest BCUT2D eigenvalue weighted by Crippen LogP contribution is 2.26. The van der Waals surface area contributed by atoms with Crippen LogP contribution in [0.3, 0.4) is 0 Å². The summed E-state index contributed by atoms with van der Waals surface area (Å²) in [5.74, 6) is 0. The number of halogens is 1. The summed E-state index contributed by atoms with van der Waals surface area (Å²) in [5.41, 5.74) is -0.635. The smallest absolute Gasteiger partial charge is 0.207 e. The number of nitrogens with zero attached hydrogens (tertiary/aromatic N) is 1. The highest BCUT2D eigenvalue weighted by atomic mass is 32.3. The Labute approximate surface area is 119 Å². The molecule has 0 amide bonds. The first-order valence-corrected chi connectivity index (χ1v) is 8.79. The highest BCUT2D eigenvalue weighted by molar-refractivity contribution is 7.89. The summed E-state index contributed by atoms with van der Waals surface area (Å²) >= 11 is 0. The molecule has 0 aliphatic carbocycles. The van der Waals surface area contributed by atoms with Crippen molar-refractivity contribution in [2.24, 2.45) is 0 Å². The van der Waals surface area contributed by atoms with Gasteiger partial charge in [0.1, 0.15) is 0 Å². The largest absolute Gasteiger partial charge is 0.332 e. The zero-order valence-electron chi connectivity index (χ0n) is 11.8. The Kier molecular flexibility index (Phi) is 4.62. The lowest BCUT2D eigenvalue weighted by atomic mass is 10.0. The first-order valence-electron chi connectivity index (χ1n) is 5.96. The molecule has 0 saturated heterocycles. The summed E-state index contributed by atoms with van der Waals surface area (Å²) in [6.45, 7) is 5.34. The summed E-state index contributed by atoms with van der Waals surface area (Å²) in [6, 6.07) is 4.28. The van der Waals surface area contributed by atoms with Crippen molar-refractivity contribution in [1.29, 1.82) is 0 Å². The fraction of sp³-hybridized carbons (Fsp3) is 0.500. The molecule has 0 spiro atoms. The second-order valence-corrected chi connectivity index (χ2v) is 8.37. The molecule has 1 aromatic carbocycles. The van der Waals surface area contributed by atoms with Gasteiger partial charge in [-0.05, 0) is 38.5 Å². The number of sulfonamides is 1. The van der Waals surface area contributed by atoms with Crippen LogP contribution in [0, 0.1) is 0 Å². The first kappa shape index (κ1) is 17.1. The monoisotopic (exact) mass is 323 g/mol. The molecule has 8 heteroatoms. The van der Waals surface area contributed by atoms with Gasteiger partial charge in [0, 0.05) is 12.6 Å². The molecule has 5 nitrogen and oxygen atoms in total. The van der Waals surface area contributed by atoms with Crippen LogP contribution in [0.5, 0.6) is 0 Å². The van der Waals surface area contributed by atoms with Gasteiger partial charge in [0.25, 0.3) is 0 Å². The minimum absolute atomic E-state index is 0.250. The molecule has 0 atom stereocenters. The van der Waals surface area contributed by atoms with E-state index in [-0.39, 0.29) is 4.90 Å². The zero-order valence-corrected chi connectivity index (χ0v) is 13.4. The average molecular weight is 323 g/mol. The van der Waals surface area contributed by atoms with E-state index in [1.165, 1.54) is 19.2 Å². The predicted octanol–water partition coefficient (Wildman–Crippen LogP) is 2.15. The highest BCUT2D eigenvalue weighted by Gasteiger charge is 2.33. The van der Waals surface area contributed by atoms with Crippen molar-refractivity contribution in [2.45, 2.75) is 42.5 Å². The van der Waals surface area contributed by atoms with Crippen molar-refractivity contribution < 1.29 is 20.7 Å². The minimum atomic E-state index is -4.94. The standard InChI is InChI=1S/C12H18FNO4S2/c1-5-12(2,3)14(4)20(17,18)11-8-6-7-10(9-11)19(13,15)16/h6-9H,5H2,1-4H3. The molecule has 0 bridgehead atoms. The third-order valence-electron chi connectivity index (χ3n) is 3.46. The summed E-state index contributed by atoms with van der Waals surface area (Å²) < 4.78 is 60.7. The maximum atomic E-state index is 13.0. The average Bonchev–Trinajstić information content (AvgIpc) is 2.37. The first-order chi connectivity index (χ1) is 8.93. The van der Waals surface area contributed by atoms with Crippen LogP contribution in [0.4, 0.5) is 3.89 Å². The predicted molar refractivity (Wildman–Crippen MR) is 74.1 cm³/mol. The van der Waals surface area contributed by atoms with Gasteiger partial charge in [-0.3, -0.25) is 0 Å². The maximum absolute atomic E-state index is 13.0. The van der Waals surface area contributed by atoms with Crippen molar-refractivity contribution in [3.05, 3.63) is 24.3 Å². The van der Waals surface area contributed by atoms with E-state index in [9.17, 15) is 20.7 Å². The lowest BCUT2D eigenvalue weighted by Crippen LogP contribution is -2.44. The summed E-state index contributed by atoms with van der Waals surface area (Å²) in [6.07, 6.45) is 0.573. The van der Waals surface area contributed by atoms with E-state index in [0.717, 1.165) is 16.4 Å². The molecule has 1 aromatic rings. The van der Waals surface area contributed by atoms with E-state index < -0.39 is 30.7 Å².